The van der Waals surface area contributed by atoms with Crippen molar-refractivity contribution in [2.75, 3.05) is 4.90 Å². The van der Waals surface area contributed by atoms with Gasteiger partial charge in [-0.3, -0.25) is 14.9 Å². The average Bonchev–Trinajstić information content (AvgIpc) is 3.20. The molecule has 0 spiro atoms. The number of carbonyl (C=O) groups excluding carboxylic acids is 3. The molecule has 0 unspecified atom stereocenters. The zero-order valence-electron chi connectivity index (χ0n) is 16.7. The number of aromatic nitrogens is 1. The van der Waals surface area contributed by atoms with E-state index in [9.17, 15) is 27.6 Å². The Labute approximate surface area is 180 Å². The van der Waals surface area contributed by atoms with Crippen molar-refractivity contribution >= 4 is 29.6 Å². The molecule has 4 rings (SSSR count). The third-order valence-electron chi connectivity index (χ3n) is 4.92. The summed E-state index contributed by atoms with van der Waals surface area (Å²) in [6.45, 7) is 1.85. The SMILES string of the molecule is Cc1ccc(N2C(=O)NC(=O)/C(=C\c3cccn3-c3cccc(C(F)(F)F)c3)C2=O)cc1. The molecule has 1 aliphatic heterocycles. The zero-order valence-corrected chi connectivity index (χ0v) is 16.7. The lowest BCUT2D eigenvalue weighted by Crippen LogP contribution is -2.54. The van der Waals surface area contributed by atoms with E-state index in [1.165, 1.54) is 29.0 Å². The molecule has 1 fully saturated rings. The Kier molecular flexibility index (Phi) is 5.17. The summed E-state index contributed by atoms with van der Waals surface area (Å²) in [7, 11) is 0. The van der Waals surface area contributed by atoms with Crippen LogP contribution in [0.2, 0.25) is 0 Å². The smallest absolute Gasteiger partial charge is 0.317 e. The second kappa shape index (κ2) is 7.84. The minimum Gasteiger partial charge on any atom is -0.317 e. The van der Waals surface area contributed by atoms with Crippen LogP contribution >= 0.6 is 0 Å². The number of halogens is 3. The van der Waals surface area contributed by atoms with E-state index in [1.54, 1.807) is 36.4 Å². The van der Waals surface area contributed by atoms with Crippen LogP contribution < -0.4 is 10.2 Å². The van der Waals surface area contributed by atoms with Gasteiger partial charge in [0, 0.05) is 17.6 Å². The quantitative estimate of drug-likeness (QED) is 0.484. The number of imide groups is 2. The molecule has 9 heteroatoms. The van der Waals surface area contributed by atoms with Crippen LogP contribution in [0.3, 0.4) is 0 Å². The molecule has 1 aromatic heterocycles. The van der Waals surface area contributed by atoms with Gasteiger partial charge in [-0.05, 0) is 55.5 Å². The maximum atomic E-state index is 13.1. The first kappa shape index (κ1) is 21.1. The Morgan fingerprint density at radius 3 is 2.31 bits per heavy atom. The number of alkyl halides is 3. The number of barbiturate groups is 1. The summed E-state index contributed by atoms with van der Waals surface area (Å²) in [5, 5.41) is 2.12. The van der Waals surface area contributed by atoms with Crippen molar-refractivity contribution in [1.82, 2.24) is 9.88 Å². The van der Waals surface area contributed by atoms with Gasteiger partial charge in [0.25, 0.3) is 11.8 Å². The monoisotopic (exact) mass is 439 g/mol. The summed E-state index contributed by atoms with van der Waals surface area (Å²) in [5.74, 6) is -1.72. The summed E-state index contributed by atoms with van der Waals surface area (Å²) in [5.41, 5.74) is 0.545. The Morgan fingerprint density at radius 2 is 1.62 bits per heavy atom. The number of carbonyl (C=O) groups is 3. The molecule has 2 aromatic carbocycles. The topological polar surface area (TPSA) is 71.4 Å². The summed E-state index contributed by atoms with van der Waals surface area (Å²) in [6, 6.07) is 13.5. The number of amides is 4. The van der Waals surface area contributed by atoms with Gasteiger partial charge in [-0.1, -0.05) is 23.8 Å². The molecular formula is C23H16F3N3O3. The van der Waals surface area contributed by atoms with Gasteiger partial charge in [-0.15, -0.1) is 0 Å². The molecule has 3 aromatic rings. The van der Waals surface area contributed by atoms with E-state index >= 15 is 0 Å². The number of benzene rings is 2. The Bertz CT molecular complexity index is 1260. The van der Waals surface area contributed by atoms with Crippen LogP contribution in [0.15, 0.2) is 72.4 Å². The number of nitrogens with one attached hydrogen (secondary N) is 1. The predicted octanol–water partition coefficient (Wildman–Crippen LogP) is 4.47. The molecule has 0 atom stereocenters. The average molecular weight is 439 g/mol. The lowest BCUT2D eigenvalue weighted by molar-refractivity contribution is -0.137. The summed E-state index contributed by atoms with van der Waals surface area (Å²) in [6.07, 6.45) is -1.77. The second-order valence-electron chi connectivity index (χ2n) is 7.14. The van der Waals surface area contributed by atoms with Crippen LogP contribution in [-0.2, 0) is 15.8 Å². The molecule has 4 amide bonds. The van der Waals surface area contributed by atoms with E-state index in [0.717, 1.165) is 22.6 Å². The maximum absolute atomic E-state index is 13.1. The standard InChI is InChI=1S/C23H16F3N3O3/c1-14-7-9-16(10-8-14)29-21(31)19(20(30)27-22(29)32)13-18-6-3-11-28(18)17-5-2-4-15(12-17)23(24,25)26/h2-13H,1H3,(H,27,30,32)/b19-13+. The fourth-order valence-corrected chi connectivity index (χ4v) is 3.31. The highest BCUT2D eigenvalue weighted by Crippen LogP contribution is 2.31. The number of anilines is 1. The first-order valence-corrected chi connectivity index (χ1v) is 9.48. The van der Waals surface area contributed by atoms with Crippen molar-refractivity contribution < 1.29 is 27.6 Å². The van der Waals surface area contributed by atoms with Crippen molar-refractivity contribution in [1.29, 1.82) is 0 Å². The largest absolute Gasteiger partial charge is 0.416 e. The number of rotatable bonds is 3. The van der Waals surface area contributed by atoms with Crippen molar-refractivity contribution in [3.63, 3.8) is 0 Å². The lowest BCUT2D eigenvalue weighted by atomic mass is 10.1. The summed E-state index contributed by atoms with van der Waals surface area (Å²) >= 11 is 0. The molecule has 0 bridgehead atoms. The van der Waals surface area contributed by atoms with Gasteiger partial charge in [0.15, 0.2) is 0 Å². The van der Waals surface area contributed by atoms with E-state index in [-0.39, 0.29) is 16.9 Å². The second-order valence-corrected chi connectivity index (χ2v) is 7.14. The van der Waals surface area contributed by atoms with Crippen molar-refractivity contribution in [2.24, 2.45) is 0 Å². The summed E-state index contributed by atoms with van der Waals surface area (Å²) in [4.78, 5) is 38.5. The van der Waals surface area contributed by atoms with Gasteiger partial charge in [0.2, 0.25) is 0 Å². The van der Waals surface area contributed by atoms with E-state index in [4.69, 9.17) is 0 Å². The van der Waals surface area contributed by atoms with Crippen molar-refractivity contribution in [2.45, 2.75) is 13.1 Å². The fourth-order valence-electron chi connectivity index (χ4n) is 3.31. The van der Waals surface area contributed by atoms with Crippen LogP contribution in [0.4, 0.5) is 23.7 Å². The van der Waals surface area contributed by atoms with Crippen LogP contribution in [0.5, 0.6) is 0 Å². The fraction of sp³-hybridized carbons (Fsp3) is 0.0870. The van der Waals surface area contributed by atoms with Crippen LogP contribution in [-0.4, -0.2) is 22.4 Å². The molecule has 0 saturated carbocycles. The summed E-state index contributed by atoms with van der Waals surface area (Å²) < 4.78 is 40.7. The Balaban J connectivity index is 1.74. The van der Waals surface area contributed by atoms with Gasteiger partial charge < -0.3 is 4.57 Å². The normalized spacial score (nSPS) is 15.9. The molecule has 162 valence electrons. The van der Waals surface area contributed by atoms with E-state index in [0.29, 0.717) is 5.69 Å². The molecule has 0 aliphatic carbocycles. The van der Waals surface area contributed by atoms with E-state index < -0.39 is 29.6 Å². The Morgan fingerprint density at radius 1 is 0.906 bits per heavy atom. The third kappa shape index (κ3) is 3.92. The van der Waals surface area contributed by atoms with Crippen molar-refractivity contribution in [3.05, 3.63) is 89.3 Å². The molecule has 1 N–H and O–H groups in total. The molecule has 2 heterocycles. The molecular weight excluding hydrogens is 423 g/mol. The van der Waals surface area contributed by atoms with Gasteiger partial charge >= 0.3 is 12.2 Å². The highest BCUT2D eigenvalue weighted by Gasteiger charge is 2.37. The van der Waals surface area contributed by atoms with Gasteiger partial charge in [0.05, 0.1) is 11.3 Å². The third-order valence-corrected chi connectivity index (χ3v) is 4.92. The van der Waals surface area contributed by atoms with E-state index in [2.05, 4.69) is 5.32 Å². The van der Waals surface area contributed by atoms with Gasteiger partial charge in [-0.25, -0.2) is 9.69 Å². The number of hydrogen-bond acceptors (Lipinski definition) is 3. The van der Waals surface area contributed by atoms with Gasteiger partial charge in [-0.2, -0.15) is 13.2 Å². The molecule has 0 radical (unpaired) electrons. The lowest BCUT2D eigenvalue weighted by Gasteiger charge is -2.26. The maximum Gasteiger partial charge on any atom is 0.416 e. The number of aryl methyl sites for hydroxylation is 1. The molecule has 6 nitrogen and oxygen atoms in total. The number of hydrogen-bond donors (Lipinski definition) is 1. The van der Waals surface area contributed by atoms with Crippen molar-refractivity contribution in [3.8, 4) is 5.69 Å². The zero-order chi connectivity index (χ0) is 23.0. The number of urea groups is 1. The highest BCUT2D eigenvalue weighted by molar-refractivity contribution is 6.39. The predicted molar refractivity (Wildman–Crippen MR) is 111 cm³/mol. The minimum atomic E-state index is -4.52. The van der Waals surface area contributed by atoms with Crippen LogP contribution in [0.25, 0.3) is 11.8 Å². The molecule has 1 saturated heterocycles. The van der Waals surface area contributed by atoms with Crippen LogP contribution in [0, 0.1) is 6.92 Å². The number of nitrogens with zero attached hydrogens (tertiary/aromatic N) is 2. The van der Waals surface area contributed by atoms with Gasteiger partial charge in [0.1, 0.15) is 5.57 Å². The highest BCUT2D eigenvalue weighted by atomic mass is 19.4. The first-order valence-electron chi connectivity index (χ1n) is 9.48. The van der Waals surface area contributed by atoms with E-state index in [1.807, 2.05) is 6.92 Å². The molecule has 1 aliphatic rings. The molecule has 32 heavy (non-hydrogen) atoms. The Hall–Kier alpha value is -4.14. The first-order chi connectivity index (χ1) is 15.1. The minimum absolute atomic E-state index is 0.201. The van der Waals surface area contributed by atoms with Crippen LogP contribution in [0.1, 0.15) is 16.8 Å².